The van der Waals surface area contributed by atoms with E-state index in [1.807, 2.05) is 12.3 Å². The molecule has 0 aliphatic heterocycles. The van der Waals surface area contributed by atoms with Crippen molar-refractivity contribution in [2.75, 3.05) is 0 Å². The molecule has 1 heterocycles. The molecule has 1 atom stereocenters. The molecular formula is C14H16FNO2S. The van der Waals surface area contributed by atoms with Crippen LogP contribution in [0.5, 0.6) is 5.75 Å². The molecule has 0 fully saturated rings. The molecule has 19 heavy (non-hydrogen) atoms. The summed E-state index contributed by atoms with van der Waals surface area (Å²) in [6.07, 6.45) is 0.0854. The number of nitrogens with zero attached hydrogens (tertiary/aromatic N) is 1. The van der Waals surface area contributed by atoms with Crippen molar-refractivity contribution in [3.63, 3.8) is 0 Å². The average molecular weight is 281 g/mol. The van der Waals surface area contributed by atoms with E-state index in [0.29, 0.717) is 12.4 Å². The zero-order valence-corrected chi connectivity index (χ0v) is 11.7. The van der Waals surface area contributed by atoms with Crippen LogP contribution in [-0.2, 0) is 13.0 Å². The Hall–Kier alpha value is -1.46. The molecule has 3 nitrogen and oxygen atoms in total. The lowest BCUT2D eigenvalue weighted by atomic mass is 10.1. The lowest BCUT2D eigenvalue weighted by Gasteiger charge is -2.09. The summed E-state index contributed by atoms with van der Waals surface area (Å²) in [5.41, 5.74) is 1.12. The van der Waals surface area contributed by atoms with Gasteiger partial charge in [-0.25, -0.2) is 9.37 Å². The number of rotatable bonds is 5. The van der Waals surface area contributed by atoms with Crippen molar-refractivity contribution in [3.05, 3.63) is 45.7 Å². The third kappa shape index (κ3) is 3.52. The second kappa shape index (κ2) is 6.12. The number of aliphatic hydroxyl groups is 1. The molecule has 2 aromatic rings. The van der Waals surface area contributed by atoms with Crippen LogP contribution in [0.25, 0.3) is 0 Å². The van der Waals surface area contributed by atoms with E-state index >= 15 is 0 Å². The second-order valence-corrected chi connectivity index (χ2v) is 5.18. The highest BCUT2D eigenvalue weighted by molar-refractivity contribution is 7.09. The maximum absolute atomic E-state index is 13.6. The first-order chi connectivity index (χ1) is 9.10. The molecule has 0 saturated heterocycles. The molecule has 0 spiro atoms. The Kier molecular flexibility index (Phi) is 4.50. The largest absolute Gasteiger partial charge is 0.487 e. The predicted octanol–water partition coefficient (Wildman–Crippen LogP) is 3.48. The number of aliphatic hydroxyl groups excluding tert-OH is 1. The van der Waals surface area contributed by atoms with Gasteiger partial charge < -0.3 is 9.84 Å². The highest BCUT2D eigenvalue weighted by Gasteiger charge is 2.09. The smallest absolute Gasteiger partial charge is 0.132 e. The number of aromatic nitrogens is 1. The summed E-state index contributed by atoms with van der Waals surface area (Å²) in [7, 11) is 0. The first kappa shape index (κ1) is 14.0. The van der Waals surface area contributed by atoms with E-state index in [0.717, 1.165) is 17.1 Å². The Labute approximate surface area is 115 Å². The summed E-state index contributed by atoms with van der Waals surface area (Å²) in [6, 6.07) is 4.47. The molecule has 0 saturated carbocycles. The highest BCUT2D eigenvalue weighted by atomic mass is 32.1. The number of hydrogen-bond acceptors (Lipinski definition) is 4. The molecular weight excluding hydrogens is 265 g/mol. The maximum atomic E-state index is 13.6. The van der Waals surface area contributed by atoms with Gasteiger partial charge in [-0.2, -0.15) is 0 Å². The fraction of sp³-hybridized carbons (Fsp3) is 0.357. The van der Waals surface area contributed by atoms with Crippen LogP contribution in [0.3, 0.4) is 0 Å². The summed E-state index contributed by atoms with van der Waals surface area (Å²) < 4.78 is 19.1. The van der Waals surface area contributed by atoms with Crippen molar-refractivity contribution in [2.45, 2.75) is 33.0 Å². The van der Waals surface area contributed by atoms with Gasteiger partial charge >= 0.3 is 0 Å². The van der Waals surface area contributed by atoms with Crippen molar-refractivity contribution < 1.29 is 14.2 Å². The van der Waals surface area contributed by atoms with Crippen LogP contribution < -0.4 is 4.74 Å². The van der Waals surface area contributed by atoms with E-state index in [2.05, 4.69) is 4.98 Å². The van der Waals surface area contributed by atoms with Gasteiger partial charge in [0.1, 0.15) is 18.2 Å². The minimum atomic E-state index is -0.820. The van der Waals surface area contributed by atoms with E-state index in [1.54, 1.807) is 17.4 Å². The van der Waals surface area contributed by atoms with Crippen LogP contribution >= 0.6 is 11.3 Å². The topological polar surface area (TPSA) is 42.4 Å². The normalized spacial score (nSPS) is 12.4. The standard InChI is InChI=1S/C14H16FNO2S/c1-3-14-16-10(8-19-14)7-18-11-4-5-12(9(2)17)13(15)6-11/h4-6,8-9,17H,3,7H2,1-2H3/t9-/m1/s1. The summed E-state index contributed by atoms with van der Waals surface area (Å²) in [5.74, 6) is -0.0204. The summed E-state index contributed by atoms with van der Waals surface area (Å²) >= 11 is 1.60. The molecule has 5 heteroatoms. The molecule has 2 rings (SSSR count). The first-order valence-electron chi connectivity index (χ1n) is 6.13. The van der Waals surface area contributed by atoms with E-state index in [9.17, 15) is 9.50 Å². The van der Waals surface area contributed by atoms with Gasteiger partial charge in [-0.3, -0.25) is 0 Å². The van der Waals surface area contributed by atoms with Crippen LogP contribution in [0.4, 0.5) is 4.39 Å². The monoisotopic (exact) mass is 281 g/mol. The van der Waals surface area contributed by atoms with Crippen LogP contribution in [0.1, 0.15) is 36.2 Å². The highest BCUT2D eigenvalue weighted by Crippen LogP contribution is 2.22. The maximum Gasteiger partial charge on any atom is 0.132 e. The molecule has 0 amide bonds. The van der Waals surface area contributed by atoms with E-state index < -0.39 is 11.9 Å². The van der Waals surface area contributed by atoms with Gasteiger partial charge in [0.05, 0.1) is 16.8 Å². The molecule has 0 aliphatic rings. The quantitative estimate of drug-likeness (QED) is 0.912. The van der Waals surface area contributed by atoms with Gasteiger partial charge in [0.15, 0.2) is 0 Å². The van der Waals surface area contributed by atoms with Crippen molar-refractivity contribution >= 4 is 11.3 Å². The molecule has 102 valence electrons. The van der Waals surface area contributed by atoms with Crippen LogP contribution in [0.15, 0.2) is 23.6 Å². The molecule has 1 N–H and O–H groups in total. The van der Waals surface area contributed by atoms with Crippen LogP contribution in [-0.4, -0.2) is 10.1 Å². The van der Waals surface area contributed by atoms with E-state index in [-0.39, 0.29) is 5.56 Å². The third-order valence-corrected chi connectivity index (χ3v) is 3.75. The van der Waals surface area contributed by atoms with Crippen LogP contribution in [0.2, 0.25) is 0 Å². The van der Waals surface area contributed by atoms with Gasteiger partial charge in [-0.15, -0.1) is 11.3 Å². The SMILES string of the molecule is CCc1nc(COc2ccc([C@@H](C)O)c(F)c2)cs1. The van der Waals surface area contributed by atoms with Crippen molar-refractivity contribution in [2.24, 2.45) is 0 Å². The second-order valence-electron chi connectivity index (χ2n) is 4.23. The summed E-state index contributed by atoms with van der Waals surface area (Å²) in [4.78, 5) is 4.37. The molecule has 0 radical (unpaired) electrons. The summed E-state index contributed by atoms with van der Waals surface area (Å²) in [5, 5.41) is 12.4. The number of ether oxygens (including phenoxy) is 1. The van der Waals surface area contributed by atoms with E-state index in [4.69, 9.17) is 4.74 Å². The van der Waals surface area contributed by atoms with Gasteiger partial charge in [-0.05, 0) is 25.5 Å². The Morgan fingerprint density at radius 2 is 2.26 bits per heavy atom. The van der Waals surface area contributed by atoms with Gasteiger partial charge in [0.25, 0.3) is 0 Å². The number of thiazole rings is 1. The zero-order valence-electron chi connectivity index (χ0n) is 10.9. The van der Waals surface area contributed by atoms with Crippen LogP contribution in [0, 0.1) is 5.82 Å². The van der Waals surface area contributed by atoms with Gasteiger partial charge in [0, 0.05) is 17.0 Å². The molecule has 0 aliphatic carbocycles. The van der Waals surface area contributed by atoms with E-state index in [1.165, 1.54) is 19.1 Å². The van der Waals surface area contributed by atoms with Gasteiger partial charge in [0.2, 0.25) is 0 Å². The Morgan fingerprint density at radius 1 is 1.47 bits per heavy atom. The number of aryl methyl sites for hydroxylation is 1. The van der Waals surface area contributed by atoms with Crippen molar-refractivity contribution in [1.29, 1.82) is 0 Å². The third-order valence-electron chi connectivity index (χ3n) is 2.71. The van der Waals surface area contributed by atoms with Crippen molar-refractivity contribution in [1.82, 2.24) is 4.98 Å². The Bertz CT molecular complexity index is 554. The molecule has 1 aromatic carbocycles. The fourth-order valence-corrected chi connectivity index (χ4v) is 2.40. The van der Waals surface area contributed by atoms with Crippen molar-refractivity contribution in [3.8, 4) is 5.75 Å². The number of halogens is 1. The zero-order chi connectivity index (χ0) is 13.8. The minimum absolute atomic E-state index is 0.272. The minimum Gasteiger partial charge on any atom is -0.487 e. The molecule has 1 aromatic heterocycles. The predicted molar refractivity (Wildman–Crippen MR) is 72.9 cm³/mol. The fourth-order valence-electron chi connectivity index (χ4n) is 1.67. The van der Waals surface area contributed by atoms with Gasteiger partial charge in [-0.1, -0.05) is 6.92 Å². The Balaban J connectivity index is 2.01. The lowest BCUT2D eigenvalue weighted by Crippen LogP contribution is -1.99. The molecule has 0 bridgehead atoms. The number of hydrogen-bond donors (Lipinski definition) is 1. The summed E-state index contributed by atoms with van der Waals surface area (Å²) in [6.45, 7) is 3.90. The average Bonchev–Trinajstić information content (AvgIpc) is 2.84. The molecule has 0 unspecified atom stereocenters. The number of benzene rings is 1. The first-order valence-corrected chi connectivity index (χ1v) is 7.01. The Morgan fingerprint density at radius 3 is 2.84 bits per heavy atom. The lowest BCUT2D eigenvalue weighted by molar-refractivity contribution is 0.193.